The standard InChI is InChI=1S/C17H13Cl3N2O5/c1-8(27-17(24)15-14(20)13(19)10(18)7-21-15)16(23)22-9-2-3-11-12(6-9)26-5-4-25-11/h2-3,6-8H,4-5H2,1H3,(H,22,23). The van der Waals surface area contributed by atoms with Crippen molar-refractivity contribution in [1.82, 2.24) is 4.98 Å². The third-order valence-corrected chi connectivity index (χ3v) is 4.81. The number of halogens is 3. The molecule has 0 aliphatic carbocycles. The molecule has 7 nitrogen and oxygen atoms in total. The molecule has 1 aliphatic rings. The third kappa shape index (κ3) is 4.37. The maximum absolute atomic E-state index is 12.3. The molecule has 1 unspecified atom stereocenters. The van der Waals surface area contributed by atoms with Gasteiger partial charge in [0.05, 0.1) is 15.1 Å². The molecule has 1 atom stereocenters. The molecule has 3 rings (SSSR count). The number of pyridine rings is 1. The molecule has 1 amide bonds. The van der Waals surface area contributed by atoms with Crippen molar-refractivity contribution in [2.24, 2.45) is 0 Å². The highest BCUT2D eigenvalue weighted by Crippen LogP contribution is 2.33. The van der Waals surface area contributed by atoms with Crippen LogP contribution < -0.4 is 14.8 Å². The van der Waals surface area contributed by atoms with Crippen LogP contribution in [0.2, 0.25) is 15.1 Å². The van der Waals surface area contributed by atoms with Gasteiger partial charge in [-0.1, -0.05) is 34.8 Å². The van der Waals surface area contributed by atoms with Crippen LogP contribution in [0.15, 0.2) is 24.4 Å². The van der Waals surface area contributed by atoms with Crippen molar-refractivity contribution in [3.05, 3.63) is 45.2 Å². The van der Waals surface area contributed by atoms with E-state index in [1.165, 1.54) is 13.1 Å². The summed E-state index contributed by atoms with van der Waals surface area (Å²) in [5.74, 6) is -0.325. The fourth-order valence-electron chi connectivity index (χ4n) is 2.22. The van der Waals surface area contributed by atoms with Crippen LogP contribution in [0, 0.1) is 0 Å². The van der Waals surface area contributed by atoms with Crippen LogP contribution in [0.4, 0.5) is 5.69 Å². The van der Waals surface area contributed by atoms with E-state index in [1.54, 1.807) is 18.2 Å². The molecule has 1 aliphatic heterocycles. The molecule has 0 bridgehead atoms. The lowest BCUT2D eigenvalue weighted by Crippen LogP contribution is -2.30. The summed E-state index contributed by atoms with van der Waals surface area (Å²) < 4.78 is 16.0. The van der Waals surface area contributed by atoms with Crippen LogP contribution in [-0.2, 0) is 9.53 Å². The minimum atomic E-state index is -1.11. The molecule has 0 spiro atoms. The van der Waals surface area contributed by atoms with Crippen molar-refractivity contribution < 1.29 is 23.8 Å². The van der Waals surface area contributed by atoms with Crippen LogP contribution in [0.1, 0.15) is 17.4 Å². The van der Waals surface area contributed by atoms with Crippen LogP contribution in [0.25, 0.3) is 0 Å². The number of nitrogens with zero attached hydrogens (tertiary/aromatic N) is 1. The van der Waals surface area contributed by atoms with Gasteiger partial charge in [0.15, 0.2) is 23.3 Å². The number of carbonyl (C=O) groups is 2. The van der Waals surface area contributed by atoms with Gasteiger partial charge in [0.1, 0.15) is 13.2 Å². The van der Waals surface area contributed by atoms with Crippen LogP contribution in [0.3, 0.4) is 0 Å². The first-order valence-electron chi connectivity index (χ1n) is 7.78. The zero-order valence-corrected chi connectivity index (χ0v) is 16.2. The van der Waals surface area contributed by atoms with Crippen molar-refractivity contribution in [1.29, 1.82) is 0 Å². The fraction of sp³-hybridized carbons (Fsp3) is 0.235. The summed E-state index contributed by atoms with van der Waals surface area (Å²) in [6, 6.07) is 4.95. The van der Waals surface area contributed by atoms with Crippen molar-refractivity contribution in [2.45, 2.75) is 13.0 Å². The van der Waals surface area contributed by atoms with E-state index in [1.807, 2.05) is 0 Å². The van der Waals surface area contributed by atoms with Crippen molar-refractivity contribution in [3.8, 4) is 11.5 Å². The topological polar surface area (TPSA) is 86.8 Å². The molecule has 1 aromatic heterocycles. The van der Waals surface area contributed by atoms with Crippen LogP contribution >= 0.6 is 34.8 Å². The van der Waals surface area contributed by atoms with Gasteiger partial charge in [-0.2, -0.15) is 0 Å². The molecular formula is C17H13Cl3N2O5. The third-order valence-electron chi connectivity index (χ3n) is 3.57. The first-order valence-corrected chi connectivity index (χ1v) is 8.91. The molecule has 0 fully saturated rings. The first-order chi connectivity index (χ1) is 12.9. The Hall–Kier alpha value is -2.22. The Bertz CT molecular complexity index is 906. The molecule has 2 heterocycles. The predicted octanol–water partition coefficient (Wildman–Crippen LogP) is 4.00. The SMILES string of the molecule is CC(OC(=O)c1ncc(Cl)c(Cl)c1Cl)C(=O)Nc1ccc2c(c1)OCCO2. The average Bonchev–Trinajstić information content (AvgIpc) is 2.66. The Balaban J connectivity index is 1.65. The Kier molecular flexibility index (Phi) is 5.94. The van der Waals surface area contributed by atoms with Gasteiger partial charge >= 0.3 is 5.97 Å². The highest BCUT2D eigenvalue weighted by molar-refractivity contribution is 6.48. The second-order valence-corrected chi connectivity index (χ2v) is 6.64. The molecule has 0 radical (unpaired) electrons. The Labute approximate surface area is 169 Å². The molecule has 142 valence electrons. The van der Waals surface area contributed by atoms with E-state index in [2.05, 4.69) is 10.3 Å². The number of hydrogen-bond acceptors (Lipinski definition) is 6. The second kappa shape index (κ2) is 8.21. The lowest BCUT2D eigenvalue weighted by atomic mass is 10.2. The number of aromatic nitrogens is 1. The number of amides is 1. The molecular weight excluding hydrogens is 419 g/mol. The lowest BCUT2D eigenvalue weighted by molar-refractivity contribution is -0.123. The lowest BCUT2D eigenvalue weighted by Gasteiger charge is -2.19. The van der Waals surface area contributed by atoms with Gasteiger partial charge in [-0.05, 0) is 19.1 Å². The normalized spacial score (nSPS) is 13.6. The van der Waals surface area contributed by atoms with E-state index in [4.69, 9.17) is 49.0 Å². The maximum atomic E-state index is 12.3. The van der Waals surface area contributed by atoms with Gasteiger partial charge in [-0.25, -0.2) is 9.78 Å². The Morgan fingerprint density at radius 2 is 1.85 bits per heavy atom. The monoisotopic (exact) mass is 430 g/mol. The van der Waals surface area contributed by atoms with E-state index < -0.39 is 18.0 Å². The summed E-state index contributed by atoms with van der Waals surface area (Å²) in [5.41, 5.74) is 0.239. The van der Waals surface area contributed by atoms with Crippen LogP contribution in [-0.4, -0.2) is 36.2 Å². The number of anilines is 1. The van der Waals surface area contributed by atoms with Gasteiger partial charge in [0.2, 0.25) is 0 Å². The summed E-state index contributed by atoms with van der Waals surface area (Å²) in [4.78, 5) is 28.3. The summed E-state index contributed by atoms with van der Waals surface area (Å²) in [6.45, 7) is 2.31. The van der Waals surface area contributed by atoms with Crippen LogP contribution in [0.5, 0.6) is 11.5 Å². The van der Waals surface area contributed by atoms with Gasteiger partial charge in [-0.3, -0.25) is 4.79 Å². The van der Waals surface area contributed by atoms with Gasteiger partial charge < -0.3 is 19.5 Å². The van der Waals surface area contributed by atoms with Gasteiger partial charge in [0.25, 0.3) is 5.91 Å². The summed E-state index contributed by atoms with van der Waals surface area (Å²) in [6.07, 6.45) is 0.0600. The molecule has 1 aromatic carbocycles. The number of nitrogens with one attached hydrogen (secondary N) is 1. The molecule has 1 N–H and O–H groups in total. The van der Waals surface area contributed by atoms with Gasteiger partial charge in [-0.15, -0.1) is 0 Å². The molecule has 10 heteroatoms. The van der Waals surface area contributed by atoms with Crippen molar-refractivity contribution in [2.75, 3.05) is 18.5 Å². The van der Waals surface area contributed by atoms with E-state index in [0.29, 0.717) is 30.4 Å². The zero-order valence-electron chi connectivity index (χ0n) is 13.9. The van der Waals surface area contributed by atoms with Crippen molar-refractivity contribution in [3.63, 3.8) is 0 Å². The van der Waals surface area contributed by atoms with E-state index in [-0.39, 0.29) is 20.8 Å². The number of fused-ring (bicyclic) bond motifs is 1. The second-order valence-electron chi connectivity index (χ2n) is 5.48. The largest absolute Gasteiger partial charge is 0.486 e. The minimum absolute atomic E-state index is 0.0198. The number of ether oxygens (including phenoxy) is 3. The highest BCUT2D eigenvalue weighted by Gasteiger charge is 2.24. The van der Waals surface area contributed by atoms with E-state index in [9.17, 15) is 9.59 Å². The summed E-state index contributed by atoms with van der Waals surface area (Å²) in [5, 5.41) is 2.57. The molecule has 0 saturated carbocycles. The van der Waals surface area contributed by atoms with Crippen molar-refractivity contribution >= 4 is 52.4 Å². The molecule has 2 aromatic rings. The smallest absolute Gasteiger partial charge is 0.359 e. The number of esters is 1. The number of rotatable bonds is 4. The maximum Gasteiger partial charge on any atom is 0.359 e. The average molecular weight is 432 g/mol. The Morgan fingerprint density at radius 1 is 1.15 bits per heavy atom. The Morgan fingerprint density at radius 3 is 2.59 bits per heavy atom. The minimum Gasteiger partial charge on any atom is -0.486 e. The summed E-state index contributed by atoms with van der Waals surface area (Å²) >= 11 is 17.6. The summed E-state index contributed by atoms with van der Waals surface area (Å²) in [7, 11) is 0. The van der Waals surface area contributed by atoms with E-state index in [0.717, 1.165) is 0 Å². The predicted molar refractivity (Wildman–Crippen MR) is 100 cm³/mol. The number of carbonyl (C=O) groups excluding carboxylic acids is 2. The zero-order chi connectivity index (χ0) is 19.6. The highest BCUT2D eigenvalue weighted by atomic mass is 35.5. The number of hydrogen-bond donors (Lipinski definition) is 1. The fourth-order valence-corrected chi connectivity index (χ4v) is 2.78. The van der Waals surface area contributed by atoms with Gasteiger partial charge in [0, 0.05) is 18.0 Å². The number of benzene rings is 1. The quantitative estimate of drug-likeness (QED) is 0.737. The van der Waals surface area contributed by atoms with E-state index >= 15 is 0 Å². The molecule has 0 saturated heterocycles. The first kappa shape index (κ1) is 19.5. The molecule has 27 heavy (non-hydrogen) atoms.